The Hall–Kier alpha value is -0.600. The van der Waals surface area contributed by atoms with Crippen molar-refractivity contribution in [2.24, 2.45) is 5.41 Å². The lowest BCUT2D eigenvalue weighted by Gasteiger charge is -2.34. The Balaban J connectivity index is 4.34. The number of unbranched alkanes of at least 4 members (excludes halogenated alkanes) is 6. The van der Waals surface area contributed by atoms with E-state index in [1.54, 1.807) is 0 Å². The average molecular weight is 367 g/mol. The molecule has 0 saturated carbocycles. The highest BCUT2D eigenvalue weighted by atomic mass is 16.6. The number of hydrogen-bond donors (Lipinski definition) is 1. The normalized spacial score (nSPS) is 15.7. The first-order valence-electron chi connectivity index (χ1n) is 11.2. The summed E-state index contributed by atoms with van der Waals surface area (Å²) in [5.74, 6) is 0. The zero-order valence-electron chi connectivity index (χ0n) is 18.1. The highest BCUT2D eigenvalue weighted by Gasteiger charge is 2.32. The summed E-state index contributed by atoms with van der Waals surface area (Å²) in [6.07, 6.45) is 23.4. The lowest BCUT2D eigenvalue weighted by molar-refractivity contribution is -0.174. The molecule has 0 spiro atoms. The predicted octanol–water partition coefficient (Wildman–Crippen LogP) is 7.57. The molecule has 0 aliphatic heterocycles. The fourth-order valence-electron chi connectivity index (χ4n) is 3.29. The van der Waals surface area contributed by atoms with E-state index in [2.05, 4.69) is 52.0 Å². The van der Waals surface area contributed by atoms with Crippen LogP contribution in [0.2, 0.25) is 0 Å². The molecule has 0 radical (unpaired) electrons. The molecule has 2 nitrogen and oxygen atoms in total. The predicted molar refractivity (Wildman–Crippen MR) is 115 cm³/mol. The van der Waals surface area contributed by atoms with Gasteiger partial charge in [-0.25, -0.2) is 0 Å². The lowest BCUT2D eigenvalue weighted by Crippen LogP contribution is -2.35. The zero-order valence-corrected chi connectivity index (χ0v) is 18.1. The summed E-state index contributed by atoms with van der Waals surface area (Å²) in [4.78, 5) is 0. The van der Waals surface area contributed by atoms with Crippen LogP contribution in [0.4, 0.5) is 0 Å². The van der Waals surface area contributed by atoms with Gasteiger partial charge in [-0.2, -0.15) is 0 Å². The van der Waals surface area contributed by atoms with E-state index in [0.717, 1.165) is 38.5 Å². The van der Waals surface area contributed by atoms with Gasteiger partial charge in [0.15, 0.2) is 6.29 Å². The van der Waals surface area contributed by atoms with Gasteiger partial charge in [0.05, 0.1) is 6.61 Å². The van der Waals surface area contributed by atoms with Crippen molar-refractivity contribution in [3.8, 4) is 0 Å². The SMILES string of the molecule is CC/C=C\CCOC(O)C(C)(CC/C=C\CC)CCCCCCCCC. The molecular weight excluding hydrogens is 320 g/mol. The van der Waals surface area contributed by atoms with Crippen LogP contribution in [-0.2, 0) is 4.74 Å². The van der Waals surface area contributed by atoms with Gasteiger partial charge in [0.1, 0.15) is 0 Å². The Bertz CT molecular complexity index is 348. The summed E-state index contributed by atoms with van der Waals surface area (Å²) in [6, 6.07) is 0. The second-order valence-corrected chi connectivity index (χ2v) is 7.84. The van der Waals surface area contributed by atoms with Gasteiger partial charge in [0.2, 0.25) is 0 Å². The van der Waals surface area contributed by atoms with Crippen molar-refractivity contribution in [3.63, 3.8) is 0 Å². The fourth-order valence-corrected chi connectivity index (χ4v) is 3.29. The molecule has 0 amide bonds. The van der Waals surface area contributed by atoms with E-state index in [0.29, 0.717) is 6.61 Å². The maximum absolute atomic E-state index is 10.7. The molecule has 0 fully saturated rings. The molecule has 0 aliphatic rings. The monoisotopic (exact) mass is 366 g/mol. The van der Waals surface area contributed by atoms with Crippen molar-refractivity contribution in [1.82, 2.24) is 0 Å². The third kappa shape index (κ3) is 13.6. The van der Waals surface area contributed by atoms with E-state index in [-0.39, 0.29) is 5.41 Å². The second-order valence-electron chi connectivity index (χ2n) is 7.84. The number of rotatable bonds is 18. The van der Waals surface area contributed by atoms with Crippen LogP contribution >= 0.6 is 0 Å². The molecule has 2 heteroatoms. The standard InChI is InChI=1S/C24H46O2/c1-5-8-11-14-15-16-18-21-24(4,20-17-12-9-6-2)23(25)26-22-19-13-10-7-3/h9-10,12-13,23,25H,5-8,11,14-22H2,1-4H3/b12-9-,13-10-. The third-order valence-electron chi connectivity index (χ3n) is 5.19. The van der Waals surface area contributed by atoms with E-state index in [1.807, 2.05) is 0 Å². The maximum Gasteiger partial charge on any atom is 0.159 e. The van der Waals surface area contributed by atoms with Crippen LogP contribution < -0.4 is 0 Å². The van der Waals surface area contributed by atoms with Gasteiger partial charge in [-0.1, -0.05) is 96.9 Å². The first-order valence-corrected chi connectivity index (χ1v) is 11.2. The first-order chi connectivity index (χ1) is 12.6. The van der Waals surface area contributed by atoms with Gasteiger partial charge in [0, 0.05) is 5.41 Å². The van der Waals surface area contributed by atoms with Crippen LogP contribution in [0.5, 0.6) is 0 Å². The van der Waals surface area contributed by atoms with Crippen LogP contribution in [-0.4, -0.2) is 18.0 Å². The lowest BCUT2D eigenvalue weighted by atomic mass is 9.79. The van der Waals surface area contributed by atoms with Gasteiger partial charge in [-0.15, -0.1) is 0 Å². The number of allylic oxidation sites excluding steroid dienone is 3. The highest BCUT2D eigenvalue weighted by molar-refractivity contribution is 4.86. The van der Waals surface area contributed by atoms with Gasteiger partial charge in [-0.3, -0.25) is 0 Å². The second kappa shape index (κ2) is 17.8. The third-order valence-corrected chi connectivity index (χ3v) is 5.19. The molecule has 0 rings (SSSR count). The molecule has 0 aromatic rings. The number of aliphatic hydroxyl groups is 1. The van der Waals surface area contributed by atoms with Crippen molar-refractivity contribution in [3.05, 3.63) is 24.3 Å². The molecule has 0 aliphatic carbocycles. The Kier molecular flexibility index (Phi) is 17.4. The minimum absolute atomic E-state index is 0.143. The highest BCUT2D eigenvalue weighted by Crippen LogP contribution is 2.35. The van der Waals surface area contributed by atoms with Crippen molar-refractivity contribution in [2.45, 2.75) is 117 Å². The number of hydrogen-bond acceptors (Lipinski definition) is 2. The van der Waals surface area contributed by atoms with Crippen molar-refractivity contribution < 1.29 is 9.84 Å². The average Bonchev–Trinajstić information content (AvgIpc) is 2.64. The summed E-state index contributed by atoms with van der Waals surface area (Å²) in [6.45, 7) is 9.37. The molecule has 0 bridgehead atoms. The van der Waals surface area contributed by atoms with Crippen molar-refractivity contribution >= 4 is 0 Å². The van der Waals surface area contributed by atoms with E-state index >= 15 is 0 Å². The molecule has 26 heavy (non-hydrogen) atoms. The number of ether oxygens (including phenoxy) is 1. The van der Waals surface area contributed by atoms with Gasteiger partial charge < -0.3 is 9.84 Å². The Morgan fingerprint density at radius 1 is 0.769 bits per heavy atom. The van der Waals surface area contributed by atoms with Crippen LogP contribution in [0.1, 0.15) is 111 Å². The van der Waals surface area contributed by atoms with Crippen LogP contribution in [0.25, 0.3) is 0 Å². The van der Waals surface area contributed by atoms with Crippen LogP contribution in [0.15, 0.2) is 24.3 Å². The maximum atomic E-state index is 10.7. The molecule has 0 aromatic carbocycles. The fraction of sp³-hybridized carbons (Fsp3) is 0.833. The van der Waals surface area contributed by atoms with Crippen LogP contribution in [0, 0.1) is 5.41 Å². The van der Waals surface area contributed by atoms with E-state index < -0.39 is 6.29 Å². The molecule has 154 valence electrons. The van der Waals surface area contributed by atoms with Crippen LogP contribution in [0.3, 0.4) is 0 Å². The molecule has 2 unspecified atom stereocenters. The molecular formula is C24H46O2. The van der Waals surface area contributed by atoms with E-state index in [4.69, 9.17) is 4.74 Å². The van der Waals surface area contributed by atoms with Gasteiger partial charge in [-0.05, 0) is 38.5 Å². The number of aliphatic hydroxyl groups excluding tert-OH is 1. The smallest absolute Gasteiger partial charge is 0.159 e. The Labute approximate surface area is 164 Å². The summed E-state index contributed by atoms with van der Waals surface area (Å²) < 4.78 is 5.80. The minimum Gasteiger partial charge on any atom is -0.367 e. The van der Waals surface area contributed by atoms with Crippen molar-refractivity contribution in [1.29, 1.82) is 0 Å². The minimum atomic E-state index is -0.660. The zero-order chi connectivity index (χ0) is 19.5. The summed E-state index contributed by atoms with van der Waals surface area (Å²) >= 11 is 0. The van der Waals surface area contributed by atoms with E-state index in [1.165, 1.54) is 44.9 Å². The topological polar surface area (TPSA) is 29.5 Å². The summed E-state index contributed by atoms with van der Waals surface area (Å²) in [7, 11) is 0. The summed E-state index contributed by atoms with van der Waals surface area (Å²) in [5.41, 5.74) is -0.143. The molecule has 0 heterocycles. The summed E-state index contributed by atoms with van der Waals surface area (Å²) in [5, 5.41) is 10.7. The quantitative estimate of drug-likeness (QED) is 0.154. The Morgan fingerprint density at radius 2 is 1.35 bits per heavy atom. The molecule has 2 atom stereocenters. The van der Waals surface area contributed by atoms with Gasteiger partial charge >= 0.3 is 0 Å². The van der Waals surface area contributed by atoms with E-state index in [9.17, 15) is 5.11 Å². The Morgan fingerprint density at radius 3 is 1.96 bits per heavy atom. The molecule has 0 aromatic heterocycles. The molecule has 0 saturated heterocycles. The molecule has 1 N–H and O–H groups in total. The largest absolute Gasteiger partial charge is 0.367 e. The first kappa shape index (κ1) is 25.4. The van der Waals surface area contributed by atoms with Crippen molar-refractivity contribution in [2.75, 3.05) is 6.61 Å². The van der Waals surface area contributed by atoms with Gasteiger partial charge in [0.25, 0.3) is 0 Å².